The first-order chi connectivity index (χ1) is 20.3. The summed E-state index contributed by atoms with van der Waals surface area (Å²) < 4.78 is 23.1. The second-order valence-electron chi connectivity index (χ2n) is 10.9. The van der Waals surface area contributed by atoms with Crippen LogP contribution in [-0.4, -0.2) is 67.6 Å². The van der Waals surface area contributed by atoms with Gasteiger partial charge in [0.1, 0.15) is 5.82 Å². The van der Waals surface area contributed by atoms with E-state index in [1.165, 1.54) is 0 Å². The van der Waals surface area contributed by atoms with Crippen molar-refractivity contribution < 1.29 is 19.0 Å². The summed E-state index contributed by atoms with van der Waals surface area (Å²) in [6, 6.07) is 14.5. The first kappa shape index (κ1) is 31.8. The van der Waals surface area contributed by atoms with Crippen molar-refractivity contribution in [3.8, 4) is 0 Å². The Labute approximate surface area is 250 Å². The first-order valence-electron chi connectivity index (χ1n) is 15.0. The molecule has 3 aromatic rings. The lowest BCUT2D eigenvalue weighted by molar-refractivity contribution is 0.0830. The maximum atomic E-state index is 13.7. The largest absolute Gasteiger partial charge is 0.390 e. The van der Waals surface area contributed by atoms with Crippen molar-refractivity contribution in [3.05, 3.63) is 77.4 Å². The third-order valence-electron chi connectivity index (χ3n) is 7.43. The summed E-state index contributed by atoms with van der Waals surface area (Å²) in [6.45, 7) is 6.08. The zero-order chi connectivity index (χ0) is 30.0. The third-order valence-corrected chi connectivity index (χ3v) is 9.36. The summed E-state index contributed by atoms with van der Waals surface area (Å²) in [6.07, 6.45) is 6.12. The molecule has 0 spiro atoms. The monoisotopic (exact) mass is 598 g/mol. The average molecular weight is 599 g/mol. The number of nitrogens with one attached hydrogen (secondary N) is 4. The molecule has 1 fully saturated rings. The summed E-state index contributed by atoms with van der Waals surface area (Å²) in [5.41, 5.74) is 3.66. The van der Waals surface area contributed by atoms with Gasteiger partial charge in [-0.3, -0.25) is 18.2 Å². The van der Waals surface area contributed by atoms with Crippen LogP contribution in [-0.2, 0) is 19.4 Å². The van der Waals surface area contributed by atoms with Gasteiger partial charge in [-0.2, -0.15) is 0 Å². The number of unbranched alkanes of at least 4 members (excludes halogenated alkanes) is 1. The van der Waals surface area contributed by atoms with Gasteiger partial charge < -0.3 is 26.0 Å². The minimum atomic E-state index is -2.95. The Bertz CT molecular complexity index is 1270. The molecule has 230 valence electrons. The molecule has 1 aliphatic heterocycles. The van der Waals surface area contributed by atoms with E-state index in [1.807, 2.05) is 49.5 Å². The van der Waals surface area contributed by atoms with E-state index in [4.69, 9.17) is 0 Å². The summed E-state index contributed by atoms with van der Waals surface area (Å²) in [5, 5.41) is 20.9. The Morgan fingerprint density at radius 1 is 1.14 bits per heavy atom. The van der Waals surface area contributed by atoms with Gasteiger partial charge in [-0.15, -0.1) is 10.8 Å². The van der Waals surface area contributed by atoms with Gasteiger partial charge >= 0.3 is 0 Å². The number of hydrogen-bond acceptors (Lipinski definition) is 8. The fraction of sp³-hybridized carbons (Fsp3) is 0.484. The van der Waals surface area contributed by atoms with Gasteiger partial charge in [0.15, 0.2) is 0 Å². The SMILES string of the molecule is CCCCc1ncc(CNC[C@@H](O)[C@H](Cc2ccccc2)NC(=O)c2cc(NCC)cc(N3CCCCS3(O)O)c2)[nH]1. The number of nitrogens with zero attached hydrogens (tertiary/aromatic N) is 2. The van der Waals surface area contributed by atoms with Gasteiger partial charge in [0.05, 0.1) is 23.6 Å². The van der Waals surface area contributed by atoms with Crippen LogP contribution in [0.15, 0.2) is 54.7 Å². The lowest BCUT2D eigenvalue weighted by atomic mass is 10.00. The summed E-state index contributed by atoms with van der Waals surface area (Å²) in [4.78, 5) is 21.4. The maximum Gasteiger partial charge on any atom is 0.251 e. The molecular weight excluding hydrogens is 552 g/mol. The molecule has 7 N–H and O–H groups in total. The number of carbonyl (C=O) groups excluding carboxylic acids is 1. The smallest absolute Gasteiger partial charge is 0.251 e. The highest BCUT2D eigenvalue weighted by Crippen LogP contribution is 2.50. The number of aromatic amines is 1. The number of amides is 1. The van der Waals surface area contributed by atoms with E-state index in [9.17, 15) is 19.0 Å². The van der Waals surface area contributed by atoms with E-state index < -0.39 is 22.9 Å². The first-order valence-corrected chi connectivity index (χ1v) is 16.6. The molecule has 2 atom stereocenters. The zero-order valence-corrected chi connectivity index (χ0v) is 25.5. The fourth-order valence-electron chi connectivity index (χ4n) is 5.16. The number of benzene rings is 2. The van der Waals surface area contributed by atoms with Crippen molar-refractivity contribution in [3.63, 3.8) is 0 Å². The number of imidazole rings is 1. The fourth-order valence-corrected chi connectivity index (χ4v) is 6.84. The standard InChI is InChI=1S/C31H46N6O4S/c1-3-5-13-30-34-21-26(35-30)20-32-22-29(38)28(16-23-11-7-6-8-12-23)36-31(39)24-17-25(33-4-2)19-27(18-24)37-14-9-10-15-42(37,40)41/h6-8,11-12,17-19,21,28-29,32-33,38,40-41H,3-5,9-10,13-16,20,22H2,1-2H3,(H,34,35)(H,36,39)/t28-,29+/m0/s1. The molecule has 0 aliphatic carbocycles. The molecule has 0 unspecified atom stereocenters. The number of anilines is 2. The van der Waals surface area contributed by atoms with Gasteiger partial charge in [-0.1, -0.05) is 43.7 Å². The highest BCUT2D eigenvalue weighted by Gasteiger charge is 2.28. The molecule has 42 heavy (non-hydrogen) atoms. The molecule has 1 saturated heterocycles. The minimum absolute atomic E-state index is 0.276. The number of carbonyl (C=O) groups is 1. The number of H-pyrrole nitrogens is 1. The van der Waals surface area contributed by atoms with Crippen LogP contribution in [0, 0.1) is 0 Å². The molecular formula is C31H46N6O4S. The lowest BCUT2D eigenvalue weighted by Gasteiger charge is -2.47. The number of aromatic nitrogens is 2. The van der Waals surface area contributed by atoms with E-state index in [2.05, 4.69) is 32.8 Å². The van der Waals surface area contributed by atoms with Gasteiger partial charge in [-0.25, -0.2) is 4.98 Å². The molecule has 11 heteroatoms. The van der Waals surface area contributed by atoms with Crippen molar-refractivity contribution >= 4 is 28.1 Å². The minimum Gasteiger partial charge on any atom is -0.390 e. The Morgan fingerprint density at radius 2 is 1.95 bits per heavy atom. The van der Waals surface area contributed by atoms with Crippen LogP contribution in [0.5, 0.6) is 0 Å². The molecule has 0 bridgehead atoms. The van der Waals surface area contributed by atoms with Crippen LogP contribution < -0.4 is 20.3 Å². The molecule has 4 rings (SSSR count). The van der Waals surface area contributed by atoms with Crippen molar-refractivity contribution in [1.82, 2.24) is 20.6 Å². The number of hydrogen-bond donors (Lipinski definition) is 7. The topological polar surface area (TPSA) is 146 Å². The van der Waals surface area contributed by atoms with E-state index in [-0.39, 0.29) is 12.5 Å². The van der Waals surface area contributed by atoms with Crippen LogP contribution >= 0.6 is 10.8 Å². The molecule has 2 heterocycles. The normalized spacial score (nSPS) is 16.9. The van der Waals surface area contributed by atoms with Crippen LogP contribution in [0.25, 0.3) is 0 Å². The van der Waals surface area contributed by atoms with Gasteiger partial charge in [0.2, 0.25) is 0 Å². The van der Waals surface area contributed by atoms with Crippen molar-refractivity contribution in [2.24, 2.45) is 0 Å². The molecule has 0 radical (unpaired) electrons. The average Bonchev–Trinajstić information content (AvgIpc) is 3.43. The van der Waals surface area contributed by atoms with E-state index in [1.54, 1.807) is 16.4 Å². The van der Waals surface area contributed by atoms with E-state index >= 15 is 0 Å². The Morgan fingerprint density at radius 3 is 2.69 bits per heavy atom. The molecule has 1 amide bonds. The second kappa shape index (κ2) is 15.4. The number of aliphatic hydroxyl groups is 1. The summed E-state index contributed by atoms with van der Waals surface area (Å²) in [5.74, 6) is 0.948. The van der Waals surface area contributed by atoms with Crippen LogP contribution in [0.4, 0.5) is 11.4 Å². The van der Waals surface area contributed by atoms with E-state index in [0.717, 1.165) is 54.9 Å². The van der Waals surface area contributed by atoms with Gasteiger partial charge in [-0.05, 0) is 56.4 Å². The van der Waals surface area contributed by atoms with Crippen molar-refractivity contribution in [2.45, 2.75) is 71.1 Å². The highest BCUT2D eigenvalue weighted by molar-refractivity contribution is 8.25. The predicted molar refractivity (Wildman–Crippen MR) is 171 cm³/mol. The van der Waals surface area contributed by atoms with Crippen LogP contribution in [0.2, 0.25) is 0 Å². The van der Waals surface area contributed by atoms with Gasteiger partial charge in [0.25, 0.3) is 5.91 Å². The van der Waals surface area contributed by atoms with Crippen LogP contribution in [0.3, 0.4) is 0 Å². The van der Waals surface area contributed by atoms with Crippen molar-refractivity contribution in [2.75, 3.05) is 35.0 Å². The molecule has 1 aliphatic rings. The lowest BCUT2D eigenvalue weighted by Crippen LogP contribution is -2.48. The summed E-state index contributed by atoms with van der Waals surface area (Å²) in [7, 11) is -2.95. The number of aryl methyl sites for hydroxylation is 1. The Kier molecular flexibility index (Phi) is 11.7. The highest BCUT2D eigenvalue weighted by atomic mass is 32.3. The third kappa shape index (κ3) is 8.95. The van der Waals surface area contributed by atoms with E-state index in [0.29, 0.717) is 43.1 Å². The molecule has 1 aromatic heterocycles. The Balaban J connectivity index is 1.48. The number of aliphatic hydroxyl groups excluding tert-OH is 1. The zero-order valence-electron chi connectivity index (χ0n) is 24.7. The predicted octanol–water partition coefficient (Wildman–Crippen LogP) is 4.94. The number of rotatable bonds is 15. The molecule has 0 saturated carbocycles. The second-order valence-corrected chi connectivity index (χ2v) is 13.0. The van der Waals surface area contributed by atoms with Crippen molar-refractivity contribution in [1.29, 1.82) is 0 Å². The quantitative estimate of drug-likeness (QED) is 0.130. The molecule has 10 nitrogen and oxygen atoms in total. The molecule has 2 aromatic carbocycles. The van der Waals surface area contributed by atoms with Crippen LogP contribution in [0.1, 0.15) is 67.0 Å². The van der Waals surface area contributed by atoms with Gasteiger partial charge in [0, 0.05) is 55.7 Å². The maximum absolute atomic E-state index is 13.7. The Hall–Kier alpha value is -3.09. The summed E-state index contributed by atoms with van der Waals surface area (Å²) >= 11 is 0.